The van der Waals surface area contributed by atoms with E-state index in [1.54, 1.807) is 6.92 Å². The number of carbonyl (C=O) groups excluding carboxylic acids is 1. The number of rotatable bonds is 4. The molecule has 12 heavy (non-hydrogen) atoms. The van der Waals surface area contributed by atoms with Gasteiger partial charge in [0.15, 0.2) is 0 Å². The summed E-state index contributed by atoms with van der Waals surface area (Å²) in [6, 6.07) is 0.195. The molecule has 0 aromatic heterocycles. The number of nitrogens with one attached hydrogen (secondary N) is 1. The predicted octanol–water partition coefficient (Wildman–Crippen LogP) is 0.278. The minimum absolute atomic E-state index is 0.0231. The zero-order valence-electron chi connectivity index (χ0n) is 7.92. The summed E-state index contributed by atoms with van der Waals surface area (Å²) in [4.78, 5) is 14.9. The third-order valence-corrected chi connectivity index (χ3v) is 1.15. The van der Waals surface area contributed by atoms with Crippen LogP contribution >= 0.6 is 0 Å². The lowest BCUT2D eigenvalue weighted by Crippen LogP contribution is -2.30. The number of amidine groups is 1. The fourth-order valence-electron chi connectivity index (χ4n) is 0.728. The molecule has 0 atom stereocenters. The van der Waals surface area contributed by atoms with Gasteiger partial charge in [0.05, 0.1) is 5.84 Å². The maximum Gasteiger partial charge on any atom is 0.222 e. The second kappa shape index (κ2) is 5.57. The Hall–Kier alpha value is -1.06. The highest BCUT2D eigenvalue weighted by molar-refractivity contribution is 5.79. The zero-order chi connectivity index (χ0) is 9.56. The lowest BCUT2D eigenvalue weighted by Gasteiger charge is -2.06. The molecule has 0 fully saturated rings. The van der Waals surface area contributed by atoms with E-state index in [9.17, 15) is 4.79 Å². The summed E-state index contributed by atoms with van der Waals surface area (Å²) in [5.74, 6) is 0.544. The minimum atomic E-state index is 0.0231. The molecule has 0 aromatic carbocycles. The highest BCUT2D eigenvalue weighted by atomic mass is 16.1. The number of aliphatic imine (C=N–C) groups is 1. The Labute approximate surface area is 73.2 Å². The molecule has 0 bridgehead atoms. The number of amides is 1. The molecule has 0 aliphatic carbocycles. The van der Waals surface area contributed by atoms with E-state index in [0.717, 1.165) is 0 Å². The standard InChI is InChI=1S/C8H17N3O/c1-6(2)11-8(12)4-5-10-7(3)9/h6H,4-5H2,1-3H3,(H2,9,10)(H,11,12). The first kappa shape index (κ1) is 10.9. The van der Waals surface area contributed by atoms with Crippen LogP contribution in [-0.4, -0.2) is 24.3 Å². The van der Waals surface area contributed by atoms with Crippen LogP contribution in [0.15, 0.2) is 4.99 Å². The number of nitrogens with zero attached hydrogens (tertiary/aromatic N) is 1. The Kier molecular flexibility index (Phi) is 5.08. The third-order valence-electron chi connectivity index (χ3n) is 1.15. The number of carbonyl (C=O) groups is 1. The molecule has 0 heterocycles. The molecule has 70 valence electrons. The summed E-state index contributed by atoms with van der Waals surface area (Å²) in [5, 5.41) is 2.77. The van der Waals surface area contributed by atoms with Crippen molar-refractivity contribution in [3.63, 3.8) is 0 Å². The first-order chi connectivity index (χ1) is 5.52. The smallest absolute Gasteiger partial charge is 0.222 e. The van der Waals surface area contributed by atoms with Crippen molar-refractivity contribution in [1.29, 1.82) is 0 Å². The van der Waals surface area contributed by atoms with Crippen LogP contribution in [0.5, 0.6) is 0 Å². The molecule has 4 heteroatoms. The Morgan fingerprint density at radius 1 is 1.58 bits per heavy atom. The Balaban J connectivity index is 3.51. The molecule has 0 aliphatic rings. The molecule has 0 spiro atoms. The molecule has 0 saturated carbocycles. The van der Waals surface area contributed by atoms with Crippen LogP contribution in [0.1, 0.15) is 27.2 Å². The lowest BCUT2D eigenvalue weighted by molar-refractivity contribution is -0.121. The van der Waals surface area contributed by atoms with E-state index in [2.05, 4.69) is 10.3 Å². The molecule has 4 nitrogen and oxygen atoms in total. The van der Waals surface area contributed by atoms with Crippen molar-refractivity contribution in [3.8, 4) is 0 Å². The van der Waals surface area contributed by atoms with E-state index in [1.807, 2.05) is 13.8 Å². The van der Waals surface area contributed by atoms with E-state index < -0.39 is 0 Å². The van der Waals surface area contributed by atoms with Crippen LogP contribution in [0.2, 0.25) is 0 Å². The second-order valence-electron chi connectivity index (χ2n) is 3.00. The first-order valence-corrected chi connectivity index (χ1v) is 4.08. The fraction of sp³-hybridized carbons (Fsp3) is 0.750. The monoisotopic (exact) mass is 171 g/mol. The van der Waals surface area contributed by atoms with Gasteiger partial charge in [0.25, 0.3) is 0 Å². The van der Waals surface area contributed by atoms with E-state index in [4.69, 9.17) is 5.73 Å². The molecular weight excluding hydrogens is 154 g/mol. The van der Waals surface area contributed by atoms with Crippen molar-refractivity contribution in [2.24, 2.45) is 10.7 Å². The molecule has 0 rings (SSSR count). The van der Waals surface area contributed by atoms with E-state index in [-0.39, 0.29) is 11.9 Å². The third kappa shape index (κ3) is 7.05. The average molecular weight is 171 g/mol. The van der Waals surface area contributed by atoms with Crippen molar-refractivity contribution >= 4 is 11.7 Å². The maximum atomic E-state index is 11.0. The van der Waals surface area contributed by atoms with Gasteiger partial charge in [-0.2, -0.15) is 0 Å². The molecule has 1 amide bonds. The molecule has 0 radical (unpaired) electrons. The van der Waals surface area contributed by atoms with Crippen LogP contribution in [0.3, 0.4) is 0 Å². The van der Waals surface area contributed by atoms with E-state index in [0.29, 0.717) is 18.8 Å². The van der Waals surface area contributed by atoms with Gasteiger partial charge in [-0.25, -0.2) is 0 Å². The van der Waals surface area contributed by atoms with Gasteiger partial charge in [0, 0.05) is 19.0 Å². The average Bonchev–Trinajstić information content (AvgIpc) is 1.84. The normalized spacial score (nSPS) is 11.8. The molecule has 0 unspecified atom stereocenters. The highest BCUT2D eigenvalue weighted by Crippen LogP contribution is 1.84. The predicted molar refractivity (Wildman–Crippen MR) is 50.1 cm³/mol. The minimum Gasteiger partial charge on any atom is -0.388 e. The SMILES string of the molecule is CC(N)=NCCC(=O)NC(C)C. The summed E-state index contributed by atoms with van der Waals surface area (Å²) < 4.78 is 0. The van der Waals surface area contributed by atoms with Crippen LogP contribution in [-0.2, 0) is 4.79 Å². The van der Waals surface area contributed by atoms with Crippen LogP contribution in [0, 0.1) is 0 Å². The number of hydrogen-bond donors (Lipinski definition) is 2. The molecule has 0 aromatic rings. The zero-order valence-corrected chi connectivity index (χ0v) is 7.92. The van der Waals surface area contributed by atoms with Gasteiger partial charge in [-0.15, -0.1) is 0 Å². The van der Waals surface area contributed by atoms with Gasteiger partial charge < -0.3 is 11.1 Å². The van der Waals surface area contributed by atoms with Gasteiger partial charge in [-0.05, 0) is 20.8 Å². The Morgan fingerprint density at radius 3 is 2.58 bits per heavy atom. The quantitative estimate of drug-likeness (QED) is 0.471. The summed E-state index contributed by atoms with van der Waals surface area (Å²) in [6.45, 7) is 6.03. The van der Waals surface area contributed by atoms with Crippen molar-refractivity contribution in [1.82, 2.24) is 5.32 Å². The van der Waals surface area contributed by atoms with Gasteiger partial charge in [0.2, 0.25) is 5.91 Å². The molecule has 3 N–H and O–H groups in total. The number of hydrogen-bond acceptors (Lipinski definition) is 2. The maximum absolute atomic E-state index is 11.0. The Morgan fingerprint density at radius 2 is 2.17 bits per heavy atom. The molecular formula is C8H17N3O. The van der Waals surface area contributed by atoms with Crippen molar-refractivity contribution < 1.29 is 4.79 Å². The fourth-order valence-corrected chi connectivity index (χ4v) is 0.728. The summed E-state index contributed by atoms with van der Waals surface area (Å²) >= 11 is 0. The van der Waals surface area contributed by atoms with Gasteiger partial charge >= 0.3 is 0 Å². The van der Waals surface area contributed by atoms with Gasteiger partial charge in [0.1, 0.15) is 0 Å². The van der Waals surface area contributed by atoms with Crippen LogP contribution < -0.4 is 11.1 Å². The largest absolute Gasteiger partial charge is 0.388 e. The van der Waals surface area contributed by atoms with Crippen molar-refractivity contribution in [3.05, 3.63) is 0 Å². The second-order valence-corrected chi connectivity index (χ2v) is 3.00. The van der Waals surface area contributed by atoms with Gasteiger partial charge in [-0.3, -0.25) is 9.79 Å². The van der Waals surface area contributed by atoms with E-state index >= 15 is 0 Å². The van der Waals surface area contributed by atoms with E-state index in [1.165, 1.54) is 0 Å². The van der Waals surface area contributed by atoms with Crippen molar-refractivity contribution in [2.45, 2.75) is 33.2 Å². The summed E-state index contributed by atoms with van der Waals surface area (Å²) in [6.07, 6.45) is 0.409. The first-order valence-electron chi connectivity index (χ1n) is 4.08. The molecule has 0 aliphatic heterocycles. The highest BCUT2D eigenvalue weighted by Gasteiger charge is 2.00. The topological polar surface area (TPSA) is 67.5 Å². The number of nitrogens with two attached hydrogens (primary N) is 1. The van der Waals surface area contributed by atoms with Crippen molar-refractivity contribution in [2.75, 3.05) is 6.54 Å². The van der Waals surface area contributed by atoms with Crippen LogP contribution in [0.25, 0.3) is 0 Å². The van der Waals surface area contributed by atoms with Gasteiger partial charge in [-0.1, -0.05) is 0 Å². The molecule has 0 saturated heterocycles. The Bertz CT molecular complexity index is 171. The summed E-state index contributed by atoms with van der Waals surface area (Å²) in [7, 11) is 0. The van der Waals surface area contributed by atoms with Crippen LogP contribution in [0.4, 0.5) is 0 Å². The lowest BCUT2D eigenvalue weighted by atomic mass is 10.3. The summed E-state index contributed by atoms with van der Waals surface area (Å²) in [5.41, 5.74) is 5.30.